The number of halogens is 3. The van der Waals surface area contributed by atoms with E-state index in [4.69, 9.17) is 4.74 Å². The largest absolute Gasteiger partial charge is 0.508 e. The first kappa shape index (κ1) is 16.2. The second-order valence-corrected chi connectivity index (χ2v) is 5.42. The van der Waals surface area contributed by atoms with Crippen LogP contribution in [-0.4, -0.2) is 21.3 Å². The van der Waals surface area contributed by atoms with E-state index in [1.807, 2.05) is 19.1 Å². The molecule has 0 aliphatic rings. The van der Waals surface area contributed by atoms with Crippen molar-refractivity contribution in [2.24, 2.45) is 0 Å². The first-order chi connectivity index (χ1) is 11.3. The second kappa shape index (κ2) is 6.07. The third kappa shape index (κ3) is 3.29. The fourth-order valence-electron chi connectivity index (χ4n) is 2.45. The van der Waals surface area contributed by atoms with Crippen LogP contribution in [0.5, 0.6) is 11.5 Å². The Bertz CT molecular complexity index is 855. The highest BCUT2D eigenvalue weighted by molar-refractivity contribution is 5.77. The lowest BCUT2D eigenvalue weighted by Crippen LogP contribution is -2.18. The van der Waals surface area contributed by atoms with E-state index in [0.717, 1.165) is 10.1 Å². The van der Waals surface area contributed by atoms with Crippen molar-refractivity contribution in [3.8, 4) is 11.5 Å². The average Bonchev–Trinajstić information content (AvgIpc) is 2.87. The Labute approximate surface area is 136 Å². The SMILES string of the molecule is Cc1ccc(OCCn2c(C(F)(F)F)nc3cc(O)ccc32)cc1. The Morgan fingerprint density at radius 2 is 1.83 bits per heavy atom. The summed E-state index contributed by atoms with van der Waals surface area (Å²) in [4.78, 5) is 3.60. The first-order valence-electron chi connectivity index (χ1n) is 7.30. The summed E-state index contributed by atoms with van der Waals surface area (Å²) in [5.74, 6) is -0.538. The summed E-state index contributed by atoms with van der Waals surface area (Å²) in [5.41, 5.74) is 1.47. The molecule has 1 aromatic heterocycles. The summed E-state index contributed by atoms with van der Waals surface area (Å²) in [6.45, 7) is 1.99. The molecule has 3 aromatic rings. The number of hydrogen-bond donors (Lipinski definition) is 1. The molecule has 1 N–H and O–H groups in total. The molecule has 0 amide bonds. The lowest BCUT2D eigenvalue weighted by molar-refractivity contribution is -0.147. The highest BCUT2D eigenvalue weighted by Gasteiger charge is 2.37. The Hall–Kier alpha value is -2.70. The fourth-order valence-corrected chi connectivity index (χ4v) is 2.45. The number of phenols is 1. The van der Waals surface area contributed by atoms with Crippen LogP contribution in [0.4, 0.5) is 13.2 Å². The molecular formula is C17H15F3N2O2. The van der Waals surface area contributed by atoms with E-state index in [9.17, 15) is 18.3 Å². The van der Waals surface area contributed by atoms with Gasteiger partial charge in [-0.25, -0.2) is 4.98 Å². The molecule has 0 saturated carbocycles. The minimum absolute atomic E-state index is 0.00993. The number of nitrogens with zero attached hydrogens (tertiary/aromatic N) is 2. The third-order valence-corrected chi connectivity index (χ3v) is 3.59. The van der Waals surface area contributed by atoms with E-state index < -0.39 is 12.0 Å². The van der Waals surface area contributed by atoms with Gasteiger partial charge in [0.25, 0.3) is 0 Å². The monoisotopic (exact) mass is 336 g/mol. The van der Waals surface area contributed by atoms with Crippen LogP contribution >= 0.6 is 0 Å². The zero-order valence-electron chi connectivity index (χ0n) is 12.8. The molecule has 0 saturated heterocycles. The fraction of sp³-hybridized carbons (Fsp3) is 0.235. The number of alkyl halides is 3. The highest BCUT2D eigenvalue weighted by atomic mass is 19.4. The topological polar surface area (TPSA) is 47.3 Å². The van der Waals surface area contributed by atoms with Crippen molar-refractivity contribution in [2.75, 3.05) is 6.61 Å². The van der Waals surface area contributed by atoms with Crippen LogP contribution in [0, 0.1) is 6.92 Å². The molecule has 3 rings (SSSR count). The molecule has 0 aliphatic heterocycles. The van der Waals surface area contributed by atoms with Crippen molar-refractivity contribution < 1.29 is 23.0 Å². The van der Waals surface area contributed by atoms with E-state index in [1.165, 1.54) is 18.2 Å². The predicted molar refractivity (Wildman–Crippen MR) is 83.1 cm³/mol. The molecule has 0 aliphatic carbocycles. The van der Waals surface area contributed by atoms with Gasteiger partial charge in [0.1, 0.15) is 18.1 Å². The summed E-state index contributed by atoms with van der Waals surface area (Å²) in [6.07, 6.45) is -4.58. The molecule has 1 heterocycles. The van der Waals surface area contributed by atoms with Gasteiger partial charge < -0.3 is 14.4 Å². The number of fused-ring (bicyclic) bond motifs is 1. The molecule has 0 unspecified atom stereocenters. The molecule has 24 heavy (non-hydrogen) atoms. The van der Waals surface area contributed by atoms with Crippen molar-refractivity contribution in [1.82, 2.24) is 9.55 Å². The van der Waals surface area contributed by atoms with Gasteiger partial charge in [-0.3, -0.25) is 0 Å². The van der Waals surface area contributed by atoms with Crippen molar-refractivity contribution in [1.29, 1.82) is 0 Å². The van der Waals surface area contributed by atoms with Gasteiger partial charge in [-0.15, -0.1) is 0 Å². The highest BCUT2D eigenvalue weighted by Crippen LogP contribution is 2.32. The molecule has 7 heteroatoms. The maximum absolute atomic E-state index is 13.2. The van der Waals surface area contributed by atoms with E-state index in [0.29, 0.717) is 11.3 Å². The van der Waals surface area contributed by atoms with Gasteiger partial charge in [0, 0.05) is 6.07 Å². The lowest BCUT2D eigenvalue weighted by atomic mass is 10.2. The van der Waals surface area contributed by atoms with Crippen molar-refractivity contribution in [2.45, 2.75) is 19.6 Å². The number of aryl methyl sites for hydroxylation is 1. The number of hydrogen-bond acceptors (Lipinski definition) is 3. The minimum Gasteiger partial charge on any atom is -0.508 e. The average molecular weight is 336 g/mol. The number of benzene rings is 2. The van der Waals surface area contributed by atoms with Crippen LogP contribution in [0.1, 0.15) is 11.4 Å². The van der Waals surface area contributed by atoms with Gasteiger partial charge >= 0.3 is 6.18 Å². The summed E-state index contributed by atoms with van der Waals surface area (Å²) < 4.78 is 46.2. The Morgan fingerprint density at radius 3 is 2.50 bits per heavy atom. The quantitative estimate of drug-likeness (QED) is 0.779. The van der Waals surface area contributed by atoms with E-state index in [-0.39, 0.29) is 24.4 Å². The number of aromatic nitrogens is 2. The van der Waals surface area contributed by atoms with Gasteiger partial charge in [0.05, 0.1) is 17.6 Å². The maximum Gasteiger partial charge on any atom is 0.449 e. The minimum atomic E-state index is -4.58. The number of ether oxygens (including phenoxy) is 1. The van der Waals surface area contributed by atoms with Crippen molar-refractivity contribution >= 4 is 11.0 Å². The van der Waals surface area contributed by atoms with Crippen molar-refractivity contribution in [3.05, 3.63) is 53.9 Å². The van der Waals surface area contributed by atoms with Gasteiger partial charge in [-0.05, 0) is 31.2 Å². The first-order valence-corrected chi connectivity index (χ1v) is 7.30. The summed E-state index contributed by atoms with van der Waals surface area (Å²) in [7, 11) is 0. The van der Waals surface area contributed by atoms with Crippen LogP contribution < -0.4 is 4.74 Å². The Morgan fingerprint density at radius 1 is 1.12 bits per heavy atom. The van der Waals surface area contributed by atoms with Crippen LogP contribution in [0.3, 0.4) is 0 Å². The number of aromatic hydroxyl groups is 1. The molecule has 0 spiro atoms. The smallest absolute Gasteiger partial charge is 0.449 e. The molecule has 2 aromatic carbocycles. The third-order valence-electron chi connectivity index (χ3n) is 3.59. The van der Waals surface area contributed by atoms with Crippen LogP contribution in [-0.2, 0) is 12.7 Å². The zero-order chi connectivity index (χ0) is 17.3. The molecule has 0 atom stereocenters. The molecule has 0 bridgehead atoms. The molecular weight excluding hydrogens is 321 g/mol. The Kier molecular flexibility index (Phi) is 4.09. The standard InChI is InChI=1S/C17H15F3N2O2/c1-11-2-5-13(6-3-11)24-9-8-22-15-7-4-12(23)10-14(15)21-16(22)17(18,19)20/h2-7,10,23H,8-9H2,1H3. The number of rotatable bonds is 4. The van der Waals surface area contributed by atoms with Crippen LogP contribution in [0.2, 0.25) is 0 Å². The van der Waals surface area contributed by atoms with E-state index >= 15 is 0 Å². The van der Waals surface area contributed by atoms with Gasteiger partial charge in [-0.2, -0.15) is 13.2 Å². The van der Waals surface area contributed by atoms with Crippen LogP contribution in [0.25, 0.3) is 11.0 Å². The normalized spacial score (nSPS) is 11.8. The number of phenolic OH excluding ortho intramolecular Hbond substituents is 1. The summed E-state index contributed by atoms with van der Waals surface area (Å²) >= 11 is 0. The van der Waals surface area contributed by atoms with E-state index in [2.05, 4.69) is 4.98 Å². The number of imidazole rings is 1. The van der Waals surface area contributed by atoms with Gasteiger partial charge in [0.2, 0.25) is 5.82 Å². The van der Waals surface area contributed by atoms with Crippen LogP contribution in [0.15, 0.2) is 42.5 Å². The molecule has 0 radical (unpaired) electrons. The second-order valence-electron chi connectivity index (χ2n) is 5.42. The van der Waals surface area contributed by atoms with Crippen molar-refractivity contribution in [3.63, 3.8) is 0 Å². The Balaban J connectivity index is 1.85. The molecule has 126 valence electrons. The maximum atomic E-state index is 13.2. The van der Waals surface area contributed by atoms with Gasteiger partial charge in [0.15, 0.2) is 0 Å². The molecule has 4 nitrogen and oxygen atoms in total. The van der Waals surface area contributed by atoms with Gasteiger partial charge in [-0.1, -0.05) is 17.7 Å². The summed E-state index contributed by atoms with van der Waals surface area (Å²) in [5, 5.41) is 9.43. The summed E-state index contributed by atoms with van der Waals surface area (Å²) in [6, 6.07) is 11.2. The predicted octanol–water partition coefficient (Wildman–Crippen LogP) is 4.15. The lowest BCUT2D eigenvalue weighted by Gasteiger charge is -2.12. The zero-order valence-corrected chi connectivity index (χ0v) is 12.8. The van der Waals surface area contributed by atoms with E-state index in [1.54, 1.807) is 12.1 Å². The molecule has 0 fully saturated rings.